The zero-order valence-corrected chi connectivity index (χ0v) is 11.4. The minimum Gasteiger partial charge on any atom is -0.854 e. The van der Waals surface area contributed by atoms with Crippen molar-refractivity contribution in [2.75, 3.05) is 6.61 Å². The van der Waals surface area contributed by atoms with E-state index in [1.807, 2.05) is 0 Å². The van der Waals surface area contributed by atoms with Crippen molar-refractivity contribution >= 4 is 0 Å². The molecule has 0 N–H and O–H groups in total. The van der Waals surface area contributed by atoms with Crippen LogP contribution < -0.4 is 56.5 Å². The fraction of sp³-hybridized carbons (Fsp3) is 1.00. The maximum atomic E-state index is 10.1. The Kier molecular flexibility index (Phi) is 15.9. The third-order valence-electron chi connectivity index (χ3n) is 1.71. The smallest absolute Gasteiger partial charge is 0.854 e. The molecule has 62 valence electrons. The molecule has 1 aliphatic carbocycles. The second-order valence-electron chi connectivity index (χ2n) is 3.02. The van der Waals surface area contributed by atoms with E-state index in [0.29, 0.717) is 5.92 Å². The Labute approximate surface area is 113 Å². The molecule has 1 aliphatic rings. The van der Waals surface area contributed by atoms with E-state index in [0.717, 1.165) is 0 Å². The van der Waals surface area contributed by atoms with Crippen molar-refractivity contribution in [3.05, 3.63) is 0 Å². The summed E-state index contributed by atoms with van der Waals surface area (Å²) < 4.78 is 0. The summed E-state index contributed by atoms with van der Waals surface area (Å²) in [4.78, 5) is 0. The van der Waals surface area contributed by atoms with Crippen LogP contribution in [-0.2, 0) is 0 Å². The van der Waals surface area contributed by atoms with Gasteiger partial charge >= 0.3 is 51.4 Å². The van der Waals surface area contributed by atoms with Gasteiger partial charge in [-0.3, -0.25) is 0 Å². The monoisotopic (exact) mass is 182 g/mol. The van der Waals surface area contributed by atoms with Gasteiger partial charge in [0.1, 0.15) is 0 Å². The summed E-state index contributed by atoms with van der Waals surface area (Å²) in [5.74, 6) is 0.542. The second-order valence-corrected chi connectivity index (χ2v) is 3.02. The average molecular weight is 182 g/mol. The van der Waals surface area contributed by atoms with Crippen molar-refractivity contribution < 1.29 is 56.5 Å². The van der Waals surface area contributed by atoms with Gasteiger partial charge in [0.25, 0.3) is 0 Å². The first kappa shape index (κ1) is 15.1. The van der Waals surface area contributed by atoms with Crippen molar-refractivity contribution in [1.29, 1.82) is 0 Å². The second kappa shape index (κ2) is 11.6. The minimum atomic E-state index is 0. The maximum absolute atomic E-state index is 10.1. The first-order valence-electron chi connectivity index (χ1n) is 4.43. The minimum absolute atomic E-state index is 0. The van der Waals surface area contributed by atoms with E-state index < -0.39 is 0 Å². The zero-order chi connectivity index (χ0) is 7.82. The van der Waals surface area contributed by atoms with Gasteiger partial charge in [0.15, 0.2) is 0 Å². The van der Waals surface area contributed by atoms with Crippen molar-refractivity contribution in [3.63, 3.8) is 0 Å². The van der Waals surface area contributed by atoms with Crippen LogP contribution in [0.15, 0.2) is 0 Å². The fourth-order valence-electron chi connectivity index (χ4n) is 1.18. The first-order valence-corrected chi connectivity index (χ1v) is 4.43. The van der Waals surface area contributed by atoms with Gasteiger partial charge in [-0.15, -0.1) is 6.61 Å². The fourth-order valence-corrected chi connectivity index (χ4v) is 1.18. The van der Waals surface area contributed by atoms with Gasteiger partial charge < -0.3 is 5.11 Å². The van der Waals surface area contributed by atoms with E-state index in [1.54, 1.807) is 0 Å². The Morgan fingerprint density at radius 3 is 1.73 bits per heavy atom. The van der Waals surface area contributed by atoms with Crippen LogP contribution in [0.5, 0.6) is 0 Å². The zero-order valence-electron chi connectivity index (χ0n) is 8.23. The van der Waals surface area contributed by atoms with E-state index in [9.17, 15) is 5.11 Å². The molecule has 0 aliphatic heterocycles. The molecule has 0 radical (unpaired) electrons. The van der Waals surface area contributed by atoms with Crippen LogP contribution in [0.25, 0.3) is 0 Å². The molecule has 11 heavy (non-hydrogen) atoms. The standard InChI is InChI=1S/C6H11O.C3H8.K/c7-5-6-3-1-2-4-6;1-3-2;/h6H,1-5H2;3H2,1-2H3;/q-1;;+1. The molecule has 0 amide bonds. The molecular formula is C9H19KO. The number of hydrogen-bond donors (Lipinski definition) is 0. The Balaban J connectivity index is 0. The SMILES string of the molecule is CCC.[K+].[O-]CC1CCCC1. The predicted octanol–water partition coefficient (Wildman–Crippen LogP) is -1.04. The van der Waals surface area contributed by atoms with E-state index in [-0.39, 0.29) is 58.0 Å². The van der Waals surface area contributed by atoms with Crippen molar-refractivity contribution in [3.8, 4) is 0 Å². The molecule has 0 saturated heterocycles. The Morgan fingerprint density at radius 1 is 1.18 bits per heavy atom. The van der Waals surface area contributed by atoms with Crippen LogP contribution in [0.3, 0.4) is 0 Å². The third kappa shape index (κ3) is 9.51. The molecule has 1 saturated carbocycles. The summed E-state index contributed by atoms with van der Waals surface area (Å²) in [5, 5.41) is 10.1. The molecule has 1 fully saturated rings. The predicted molar refractivity (Wildman–Crippen MR) is 42.8 cm³/mol. The molecule has 2 heteroatoms. The Bertz CT molecular complexity index is 60.6. The molecule has 0 aromatic carbocycles. The van der Waals surface area contributed by atoms with Crippen LogP contribution in [0, 0.1) is 5.92 Å². The van der Waals surface area contributed by atoms with Crippen molar-refractivity contribution in [2.45, 2.75) is 46.0 Å². The summed E-state index contributed by atoms with van der Waals surface area (Å²) in [5.41, 5.74) is 0. The molecule has 0 spiro atoms. The van der Waals surface area contributed by atoms with Crippen molar-refractivity contribution in [2.24, 2.45) is 5.92 Å². The van der Waals surface area contributed by atoms with Crippen LogP contribution in [0.4, 0.5) is 0 Å². The molecule has 0 aromatic heterocycles. The van der Waals surface area contributed by atoms with Gasteiger partial charge in [-0.25, -0.2) is 0 Å². The molecular weight excluding hydrogens is 163 g/mol. The normalized spacial score (nSPS) is 16.6. The van der Waals surface area contributed by atoms with Gasteiger partial charge in [-0.05, 0) is 0 Å². The van der Waals surface area contributed by atoms with E-state index in [2.05, 4.69) is 13.8 Å². The average Bonchev–Trinajstić information content (AvgIpc) is 2.39. The van der Waals surface area contributed by atoms with Gasteiger partial charge in [0.2, 0.25) is 0 Å². The van der Waals surface area contributed by atoms with Gasteiger partial charge in [-0.1, -0.05) is 51.9 Å². The maximum Gasteiger partial charge on any atom is 1.00 e. The van der Waals surface area contributed by atoms with Crippen LogP contribution in [-0.4, -0.2) is 6.61 Å². The van der Waals surface area contributed by atoms with E-state index >= 15 is 0 Å². The number of hydrogen-bond acceptors (Lipinski definition) is 1. The molecule has 0 aromatic rings. The quantitative estimate of drug-likeness (QED) is 0.475. The molecule has 0 heterocycles. The molecule has 1 nitrogen and oxygen atoms in total. The summed E-state index contributed by atoms with van der Waals surface area (Å²) in [6.45, 7) is 4.42. The summed E-state index contributed by atoms with van der Waals surface area (Å²) in [7, 11) is 0. The topological polar surface area (TPSA) is 23.1 Å². The van der Waals surface area contributed by atoms with E-state index in [1.165, 1.54) is 32.1 Å². The van der Waals surface area contributed by atoms with Crippen LogP contribution in [0.2, 0.25) is 0 Å². The number of rotatable bonds is 1. The molecule has 0 atom stereocenters. The van der Waals surface area contributed by atoms with Crippen molar-refractivity contribution in [1.82, 2.24) is 0 Å². The third-order valence-corrected chi connectivity index (χ3v) is 1.71. The summed E-state index contributed by atoms with van der Waals surface area (Å²) in [6.07, 6.45) is 6.24. The summed E-state index contributed by atoms with van der Waals surface area (Å²) >= 11 is 0. The summed E-state index contributed by atoms with van der Waals surface area (Å²) in [6, 6.07) is 0. The Morgan fingerprint density at radius 2 is 1.55 bits per heavy atom. The van der Waals surface area contributed by atoms with Gasteiger partial charge in [0, 0.05) is 0 Å². The molecule has 1 rings (SSSR count). The largest absolute Gasteiger partial charge is 1.00 e. The Hall–Kier alpha value is 1.60. The molecule has 0 bridgehead atoms. The first-order chi connectivity index (χ1) is 4.85. The van der Waals surface area contributed by atoms with Crippen LogP contribution >= 0.6 is 0 Å². The van der Waals surface area contributed by atoms with E-state index in [4.69, 9.17) is 0 Å². The van der Waals surface area contributed by atoms with Crippen LogP contribution in [0.1, 0.15) is 46.0 Å². The van der Waals surface area contributed by atoms with Gasteiger partial charge in [0.05, 0.1) is 0 Å². The van der Waals surface area contributed by atoms with Gasteiger partial charge in [-0.2, -0.15) is 0 Å². The molecule has 0 unspecified atom stereocenters.